The van der Waals surface area contributed by atoms with E-state index >= 15 is 0 Å². The van der Waals surface area contributed by atoms with E-state index in [9.17, 15) is 4.79 Å². The summed E-state index contributed by atoms with van der Waals surface area (Å²) in [5.41, 5.74) is 0.796. The fourth-order valence-corrected chi connectivity index (χ4v) is 2.44. The van der Waals surface area contributed by atoms with Crippen molar-refractivity contribution < 1.29 is 4.79 Å². The van der Waals surface area contributed by atoms with E-state index in [0.717, 1.165) is 17.2 Å². The summed E-state index contributed by atoms with van der Waals surface area (Å²) >= 11 is 1.37. The van der Waals surface area contributed by atoms with Gasteiger partial charge in [0.15, 0.2) is 0 Å². The van der Waals surface area contributed by atoms with Crippen LogP contribution >= 0.6 is 11.3 Å². The van der Waals surface area contributed by atoms with Gasteiger partial charge in [-0.15, -0.1) is 11.3 Å². The maximum atomic E-state index is 12.1. The van der Waals surface area contributed by atoms with Gasteiger partial charge in [0.2, 0.25) is 0 Å². The number of aromatic nitrogens is 2. The number of carbonyl (C=O) groups is 1. The number of carbonyl (C=O) groups excluding carboxylic acids is 1. The van der Waals surface area contributed by atoms with Crippen LogP contribution in [0.3, 0.4) is 0 Å². The number of hydrogen-bond donors (Lipinski definition) is 1. The molecule has 0 saturated carbocycles. The molecule has 0 aliphatic heterocycles. The summed E-state index contributed by atoms with van der Waals surface area (Å²) in [6.07, 6.45) is 3.34. The Morgan fingerprint density at radius 2 is 2.26 bits per heavy atom. The van der Waals surface area contributed by atoms with Crippen LogP contribution in [-0.4, -0.2) is 48.0 Å². The monoisotopic (exact) mass is 276 g/mol. The van der Waals surface area contributed by atoms with Crippen molar-refractivity contribution in [2.24, 2.45) is 0 Å². The summed E-state index contributed by atoms with van der Waals surface area (Å²) in [5.74, 6) is -0.00469. The summed E-state index contributed by atoms with van der Waals surface area (Å²) in [6, 6.07) is 5.65. The highest BCUT2D eigenvalue weighted by Gasteiger charge is 2.15. The average Bonchev–Trinajstić information content (AvgIpc) is 2.94. The van der Waals surface area contributed by atoms with Crippen molar-refractivity contribution in [3.05, 3.63) is 35.5 Å². The van der Waals surface area contributed by atoms with E-state index < -0.39 is 0 Å². The van der Waals surface area contributed by atoms with Crippen molar-refractivity contribution in [3.63, 3.8) is 0 Å². The number of hydrogen-bond acceptors (Lipinski definition) is 5. The Bertz CT molecular complexity index is 541. The Morgan fingerprint density at radius 3 is 2.95 bits per heavy atom. The molecule has 6 heteroatoms. The second-order valence-electron chi connectivity index (χ2n) is 4.07. The van der Waals surface area contributed by atoms with Gasteiger partial charge in [-0.1, -0.05) is 6.07 Å². The minimum Gasteiger partial charge on any atom is -0.340 e. The standard InChI is InChI=1S/C13H16N4OS/c1-14-7-8-17(2)13(18)11-9-16-12(19-11)10-5-3-4-6-15-10/h3-6,9,14H,7-8H2,1-2H3. The van der Waals surface area contributed by atoms with Crippen LogP contribution in [0.15, 0.2) is 30.6 Å². The highest BCUT2D eigenvalue weighted by Crippen LogP contribution is 2.23. The average molecular weight is 276 g/mol. The zero-order chi connectivity index (χ0) is 13.7. The Balaban J connectivity index is 2.11. The Hall–Kier alpha value is -1.79. The van der Waals surface area contributed by atoms with Gasteiger partial charge in [0.1, 0.15) is 9.88 Å². The molecule has 0 aliphatic rings. The Labute approximate surface area is 116 Å². The lowest BCUT2D eigenvalue weighted by atomic mass is 10.4. The minimum absolute atomic E-state index is 0.00469. The SMILES string of the molecule is CNCCN(C)C(=O)c1cnc(-c2ccccn2)s1. The molecule has 2 rings (SSSR count). The number of likely N-dealkylation sites (N-methyl/N-ethyl adjacent to an activating group) is 2. The molecule has 2 aromatic rings. The zero-order valence-electron chi connectivity index (χ0n) is 11.0. The number of thiazole rings is 1. The first-order valence-corrected chi connectivity index (χ1v) is 6.81. The first kappa shape index (κ1) is 13.6. The largest absolute Gasteiger partial charge is 0.340 e. The Morgan fingerprint density at radius 1 is 1.42 bits per heavy atom. The van der Waals surface area contributed by atoms with Crippen LogP contribution in [-0.2, 0) is 0 Å². The van der Waals surface area contributed by atoms with E-state index in [4.69, 9.17) is 0 Å². The minimum atomic E-state index is -0.00469. The van der Waals surface area contributed by atoms with Crippen molar-refractivity contribution in [2.75, 3.05) is 27.2 Å². The van der Waals surface area contributed by atoms with E-state index in [1.165, 1.54) is 11.3 Å². The fraction of sp³-hybridized carbons (Fsp3) is 0.308. The molecule has 0 radical (unpaired) electrons. The van der Waals surface area contributed by atoms with E-state index in [1.807, 2.05) is 25.2 Å². The molecule has 100 valence electrons. The van der Waals surface area contributed by atoms with Gasteiger partial charge in [0, 0.05) is 26.3 Å². The first-order chi connectivity index (χ1) is 9.22. The van der Waals surface area contributed by atoms with Crippen LogP contribution < -0.4 is 5.32 Å². The number of nitrogens with one attached hydrogen (secondary N) is 1. The van der Waals surface area contributed by atoms with Crippen molar-refractivity contribution in [1.29, 1.82) is 0 Å². The van der Waals surface area contributed by atoms with E-state index in [0.29, 0.717) is 11.4 Å². The highest BCUT2D eigenvalue weighted by molar-refractivity contribution is 7.16. The molecule has 19 heavy (non-hydrogen) atoms. The molecule has 0 saturated heterocycles. The second-order valence-corrected chi connectivity index (χ2v) is 5.11. The lowest BCUT2D eigenvalue weighted by Gasteiger charge is -2.15. The van der Waals surface area contributed by atoms with Crippen molar-refractivity contribution >= 4 is 17.2 Å². The maximum Gasteiger partial charge on any atom is 0.265 e. The number of nitrogens with zero attached hydrogens (tertiary/aromatic N) is 3. The zero-order valence-corrected chi connectivity index (χ0v) is 11.8. The van der Waals surface area contributed by atoms with Crippen LogP contribution in [0.5, 0.6) is 0 Å². The normalized spacial score (nSPS) is 10.4. The third-order valence-electron chi connectivity index (χ3n) is 2.64. The van der Waals surface area contributed by atoms with Crippen molar-refractivity contribution in [2.45, 2.75) is 0 Å². The molecule has 1 amide bonds. The highest BCUT2D eigenvalue weighted by atomic mass is 32.1. The molecule has 2 heterocycles. The summed E-state index contributed by atoms with van der Waals surface area (Å²) in [7, 11) is 3.66. The lowest BCUT2D eigenvalue weighted by Crippen LogP contribution is -2.32. The molecule has 0 unspecified atom stereocenters. The predicted octanol–water partition coefficient (Wildman–Crippen LogP) is 1.50. The summed E-state index contributed by atoms with van der Waals surface area (Å²) in [6.45, 7) is 1.44. The lowest BCUT2D eigenvalue weighted by molar-refractivity contribution is 0.0801. The summed E-state index contributed by atoms with van der Waals surface area (Å²) in [5, 5.41) is 3.79. The van der Waals surface area contributed by atoms with E-state index in [1.54, 1.807) is 24.3 Å². The van der Waals surface area contributed by atoms with E-state index in [-0.39, 0.29) is 5.91 Å². The van der Waals surface area contributed by atoms with Gasteiger partial charge in [0.05, 0.1) is 11.9 Å². The van der Waals surface area contributed by atoms with Gasteiger partial charge in [-0.2, -0.15) is 0 Å². The predicted molar refractivity (Wildman–Crippen MR) is 76.2 cm³/mol. The van der Waals surface area contributed by atoms with Crippen LogP contribution in [0.1, 0.15) is 9.67 Å². The molecule has 1 N–H and O–H groups in total. The Kier molecular flexibility index (Phi) is 4.59. The third kappa shape index (κ3) is 3.36. The number of rotatable bonds is 5. The van der Waals surface area contributed by atoms with Crippen LogP contribution in [0.4, 0.5) is 0 Å². The number of pyridine rings is 1. The summed E-state index contributed by atoms with van der Waals surface area (Å²) in [4.78, 5) is 23.0. The molecular formula is C13H16N4OS. The molecule has 0 aromatic carbocycles. The van der Waals surface area contributed by atoms with E-state index in [2.05, 4.69) is 15.3 Å². The van der Waals surface area contributed by atoms with Crippen molar-refractivity contribution in [1.82, 2.24) is 20.2 Å². The van der Waals surface area contributed by atoms with Crippen molar-refractivity contribution in [3.8, 4) is 10.7 Å². The van der Waals surface area contributed by atoms with Crippen LogP contribution in [0, 0.1) is 0 Å². The van der Waals surface area contributed by atoms with Gasteiger partial charge in [-0.05, 0) is 19.2 Å². The maximum absolute atomic E-state index is 12.1. The van der Waals surface area contributed by atoms with Gasteiger partial charge in [-0.25, -0.2) is 4.98 Å². The topological polar surface area (TPSA) is 58.1 Å². The van der Waals surface area contributed by atoms with Crippen LogP contribution in [0.2, 0.25) is 0 Å². The molecule has 0 spiro atoms. The van der Waals surface area contributed by atoms with Gasteiger partial charge in [-0.3, -0.25) is 9.78 Å². The fourth-order valence-electron chi connectivity index (χ4n) is 1.55. The molecule has 0 fully saturated rings. The third-order valence-corrected chi connectivity index (χ3v) is 3.65. The molecule has 2 aromatic heterocycles. The number of amides is 1. The second kappa shape index (κ2) is 6.40. The van der Waals surface area contributed by atoms with Crippen LogP contribution in [0.25, 0.3) is 10.7 Å². The van der Waals surface area contributed by atoms with Gasteiger partial charge < -0.3 is 10.2 Å². The quantitative estimate of drug-likeness (QED) is 0.899. The van der Waals surface area contributed by atoms with Gasteiger partial charge >= 0.3 is 0 Å². The smallest absolute Gasteiger partial charge is 0.265 e. The molecular weight excluding hydrogens is 260 g/mol. The first-order valence-electron chi connectivity index (χ1n) is 5.99. The molecule has 5 nitrogen and oxygen atoms in total. The summed E-state index contributed by atoms with van der Waals surface area (Å²) < 4.78 is 0. The molecule has 0 bridgehead atoms. The molecule has 0 aliphatic carbocycles. The van der Waals surface area contributed by atoms with Gasteiger partial charge in [0.25, 0.3) is 5.91 Å². The molecule has 0 atom stereocenters.